The minimum Gasteiger partial charge on any atom is -0.497 e. The van der Waals surface area contributed by atoms with Crippen molar-refractivity contribution in [3.05, 3.63) is 65.1 Å². The second kappa shape index (κ2) is 6.73. The largest absolute Gasteiger partial charge is 0.497 e. The van der Waals surface area contributed by atoms with Gasteiger partial charge in [0, 0.05) is 47.2 Å². The molecule has 1 aliphatic heterocycles. The minimum absolute atomic E-state index is 0.000439. The lowest BCUT2D eigenvalue weighted by molar-refractivity contribution is 0.0735. The number of hydrogen-bond acceptors (Lipinski definition) is 5. The molecule has 1 amide bonds. The van der Waals surface area contributed by atoms with E-state index in [0.29, 0.717) is 24.5 Å². The van der Waals surface area contributed by atoms with Crippen LogP contribution in [0.2, 0.25) is 0 Å². The number of aromatic amines is 1. The van der Waals surface area contributed by atoms with E-state index in [2.05, 4.69) is 20.5 Å². The van der Waals surface area contributed by atoms with Crippen LogP contribution >= 0.6 is 0 Å². The highest BCUT2D eigenvalue weighted by atomic mass is 16.5. The highest BCUT2D eigenvalue weighted by Gasteiger charge is 2.25. The van der Waals surface area contributed by atoms with Crippen LogP contribution in [0.5, 0.6) is 5.75 Å². The van der Waals surface area contributed by atoms with E-state index >= 15 is 0 Å². The molecular formula is C21H20N6O2. The first-order valence-corrected chi connectivity index (χ1v) is 9.46. The maximum atomic E-state index is 13.2. The predicted molar refractivity (Wildman–Crippen MR) is 107 cm³/mol. The Morgan fingerprint density at radius 3 is 2.90 bits per heavy atom. The van der Waals surface area contributed by atoms with Crippen molar-refractivity contribution >= 4 is 16.8 Å². The third-order valence-corrected chi connectivity index (χ3v) is 5.43. The molecule has 8 nitrogen and oxygen atoms in total. The van der Waals surface area contributed by atoms with E-state index in [1.54, 1.807) is 11.8 Å². The highest BCUT2D eigenvalue weighted by Crippen LogP contribution is 2.31. The van der Waals surface area contributed by atoms with Gasteiger partial charge >= 0.3 is 0 Å². The summed E-state index contributed by atoms with van der Waals surface area (Å²) in [5.41, 5.74) is 4.81. The molecule has 4 aromatic rings. The normalized spacial score (nSPS) is 13.5. The number of hydrogen-bond donors (Lipinski definition) is 1. The number of rotatable bonds is 3. The Balaban J connectivity index is 1.46. The number of ether oxygens (including phenoxy) is 1. The molecule has 1 aliphatic rings. The van der Waals surface area contributed by atoms with Crippen LogP contribution in [0.4, 0.5) is 0 Å². The first kappa shape index (κ1) is 17.4. The van der Waals surface area contributed by atoms with Crippen LogP contribution in [-0.4, -0.2) is 49.7 Å². The topological polar surface area (TPSA) is 88.9 Å². The van der Waals surface area contributed by atoms with Crippen molar-refractivity contribution in [2.24, 2.45) is 0 Å². The van der Waals surface area contributed by atoms with Gasteiger partial charge in [-0.1, -0.05) is 6.07 Å². The van der Waals surface area contributed by atoms with E-state index in [1.807, 2.05) is 54.3 Å². The summed E-state index contributed by atoms with van der Waals surface area (Å²) in [5, 5.41) is 12.7. The van der Waals surface area contributed by atoms with Crippen LogP contribution in [0.1, 0.15) is 27.4 Å². The summed E-state index contributed by atoms with van der Waals surface area (Å²) in [6.45, 7) is 3.06. The SMILES string of the molecule is COc1ccc2[nH]c3c(c2c1)CN(C(=O)c1cccc(-n2nnnc2C)c1)CC3. The van der Waals surface area contributed by atoms with Gasteiger partial charge in [0.1, 0.15) is 5.75 Å². The number of tetrazole rings is 1. The van der Waals surface area contributed by atoms with Gasteiger partial charge in [-0.05, 0) is 53.7 Å². The zero-order valence-corrected chi connectivity index (χ0v) is 16.2. The van der Waals surface area contributed by atoms with Crippen molar-refractivity contribution in [1.29, 1.82) is 0 Å². The van der Waals surface area contributed by atoms with Gasteiger partial charge in [0.25, 0.3) is 5.91 Å². The zero-order chi connectivity index (χ0) is 20.0. The molecule has 0 aliphatic carbocycles. The van der Waals surface area contributed by atoms with Gasteiger partial charge in [0.05, 0.1) is 12.8 Å². The molecular weight excluding hydrogens is 368 g/mol. The summed E-state index contributed by atoms with van der Waals surface area (Å²) in [7, 11) is 1.66. The first-order valence-electron chi connectivity index (χ1n) is 9.46. The quantitative estimate of drug-likeness (QED) is 0.583. The first-order chi connectivity index (χ1) is 14.1. The molecule has 5 rings (SSSR count). The van der Waals surface area contributed by atoms with Crippen LogP contribution in [0.25, 0.3) is 16.6 Å². The van der Waals surface area contributed by atoms with Crippen LogP contribution in [-0.2, 0) is 13.0 Å². The van der Waals surface area contributed by atoms with Gasteiger partial charge in [0.2, 0.25) is 0 Å². The second-order valence-corrected chi connectivity index (χ2v) is 7.16. The van der Waals surface area contributed by atoms with Gasteiger partial charge in [-0.15, -0.1) is 5.10 Å². The highest BCUT2D eigenvalue weighted by molar-refractivity contribution is 5.95. The van der Waals surface area contributed by atoms with Gasteiger partial charge < -0.3 is 14.6 Å². The smallest absolute Gasteiger partial charge is 0.254 e. The van der Waals surface area contributed by atoms with Gasteiger partial charge in [-0.2, -0.15) is 4.68 Å². The number of aromatic nitrogens is 5. The van der Waals surface area contributed by atoms with Crippen LogP contribution in [0.15, 0.2) is 42.5 Å². The van der Waals surface area contributed by atoms with Crippen molar-refractivity contribution in [3.63, 3.8) is 0 Å². The number of amides is 1. The van der Waals surface area contributed by atoms with Gasteiger partial charge in [-0.25, -0.2) is 0 Å². The van der Waals surface area contributed by atoms with E-state index in [4.69, 9.17) is 4.74 Å². The van der Waals surface area contributed by atoms with Gasteiger partial charge in [-0.3, -0.25) is 4.79 Å². The molecule has 0 unspecified atom stereocenters. The fourth-order valence-corrected chi connectivity index (χ4v) is 3.92. The van der Waals surface area contributed by atoms with Crippen molar-refractivity contribution in [1.82, 2.24) is 30.1 Å². The average Bonchev–Trinajstić information content (AvgIpc) is 3.35. The number of carbonyl (C=O) groups excluding carboxylic acids is 1. The monoisotopic (exact) mass is 388 g/mol. The summed E-state index contributed by atoms with van der Waals surface area (Å²) in [6, 6.07) is 13.4. The number of aryl methyl sites for hydroxylation is 1. The van der Waals surface area contributed by atoms with E-state index in [9.17, 15) is 4.79 Å². The van der Waals surface area contributed by atoms with E-state index in [1.165, 1.54) is 5.69 Å². The van der Waals surface area contributed by atoms with Crippen LogP contribution in [0, 0.1) is 6.92 Å². The maximum absolute atomic E-state index is 13.2. The van der Waals surface area contributed by atoms with Crippen LogP contribution in [0.3, 0.4) is 0 Å². The summed E-state index contributed by atoms with van der Waals surface area (Å²) >= 11 is 0. The third-order valence-electron chi connectivity index (χ3n) is 5.43. The molecule has 0 bridgehead atoms. The number of nitrogens with zero attached hydrogens (tertiary/aromatic N) is 5. The molecule has 0 spiro atoms. The summed E-state index contributed by atoms with van der Waals surface area (Å²) in [6.07, 6.45) is 0.795. The van der Waals surface area contributed by atoms with Crippen LogP contribution < -0.4 is 4.74 Å². The number of fused-ring (bicyclic) bond motifs is 3. The maximum Gasteiger partial charge on any atom is 0.254 e. The lowest BCUT2D eigenvalue weighted by Gasteiger charge is -2.27. The Morgan fingerprint density at radius 1 is 1.21 bits per heavy atom. The van der Waals surface area contributed by atoms with E-state index in [-0.39, 0.29) is 5.91 Å². The average molecular weight is 388 g/mol. The predicted octanol–water partition coefficient (Wildman–Crippen LogP) is 2.66. The number of benzene rings is 2. The molecule has 0 saturated heterocycles. The molecule has 0 radical (unpaired) electrons. The van der Waals surface area contributed by atoms with Gasteiger partial charge in [0.15, 0.2) is 5.82 Å². The Kier molecular flexibility index (Phi) is 4.04. The molecule has 2 aromatic heterocycles. The van der Waals surface area contributed by atoms with Crippen molar-refractivity contribution in [2.75, 3.05) is 13.7 Å². The number of H-pyrrole nitrogens is 1. The zero-order valence-electron chi connectivity index (χ0n) is 16.2. The van der Waals surface area contributed by atoms with E-state index in [0.717, 1.165) is 34.3 Å². The number of methoxy groups -OCH3 is 1. The molecule has 0 atom stereocenters. The Morgan fingerprint density at radius 2 is 2.10 bits per heavy atom. The molecule has 0 fully saturated rings. The molecule has 0 saturated carbocycles. The van der Waals surface area contributed by atoms with Crippen molar-refractivity contribution < 1.29 is 9.53 Å². The summed E-state index contributed by atoms with van der Waals surface area (Å²) < 4.78 is 6.99. The van der Waals surface area contributed by atoms with Crippen molar-refractivity contribution in [3.8, 4) is 11.4 Å². The standard InChI is InChI=1S/C21H20N6O2/c1-13-23-24-25-27(13)15-5-3-4-14(10-15)21(28)26-9-8-20-18(12-26)17-11-16(29-2)6-7-19(17)22-20/h3-7,10-11,22H,8-9,12H2,1-2H3. The van der Waals surface area contributed by atoms with E-state index < -0.39 is 0 Å². The Hall–Kier alpha value is -3.68. The number of carbonyl (C=O) groups is 1. The molecule has 1 N–H and O–H groups in total. The lowest BCUT2D eigenvalue weighted by Crippen LogP contribution is -2.35. The van der Waals surface area contributed by atoms with Crippen molar-refractivity contribution in [2.45, 2.75) is 19.9 Å². The summed E-state index contributed by atoms with van der Waals surface area (Å²) in [4.78, 5) is 18.6. The lowest BCUT2D eigenvalue weighted by atomic mass is 10.0. The fraction of sp³-hybridized carbons (Fsp3) is 0.238. The second-order valence-electron chi connectivity index (χ2n) is 7.16. The molecule has 8 heteroatoms. The number of nitrogens with one attached hydrogen (secondary N) is 1. The molecule has 3 heterocycles. The summed E-state index contributed by atoms with van der Waals surface area (Å²) in [5.74, 6) is 1.48. The molecule has 2 aromatic carbocycles. The minimum atomic E-state index is 0.000439. The molecule has 29 heavy (non-hydrogen) atoms. The fourth-order valence-electron chi connectivity index (χ4n) is 3.92. The molecule has 146 valence electrons. The Labute approximate surface area is 167 Å². The third kappa shape index (κ3) is 2.93. The Bertz CT molecular complexity index is 1230.